The Morgan fingerprint density at radius 3 is 2.59 bits per heavy atom. The molecule has 17 heavy (non-hydrogen) atoms. The maximum absolute atomic E-state index is 12.1. The minimum Gasteiger partial charge on any atom is -0.477 e. The summed E-state index contributed by atoms with van der Waals surface area (Å²) >= 11 is 1.03. The Morgan fingerprint density at radius 2 is 2.06 bits per heavy atom. The second-order valence-corrected chi connectivity index (χ2v) is 5.10. The van der Waals surface area contributed by atoms with Crippen LogP contribution in [0.1, 0.15) is 32.7 Å². The van der Waals surface area contributed by atoms with Crippen molar-refractivity contribution >= 4 is 23.2 Å². The largest absolute Gasteiger partial charge is 0.477 e. The number of hydrogen-bond donors (Lipinski definition) is 1. The Labute approximate surface area is 103 Å². The van der Waals surface area contributed by atoms with Crippen LogP contribution in [0.3, 0.4) is 0 Å². The van der Waals surface area contributed by atoms with Gasteiger partial charge >= 0.3 is 5.97 Å². The van der Waals surface area contributed by atoms with Gasteiger partial charge in [0.05, 0.1) is 4.88 Å². The van der Waals surface area contributed by atoms with Crippen molar-refractivity contribution < 1.29 is 14.7 Å². The average Bonchev–Trinajstić information content (AvgIpc) is 2.78. The summed E-state index contributed by atoms with van der Waals surface area (Å²) in [4.78, 5) is 25.2. The van der Waals surface area contributed by atoms with E-state index in [0.29, 0.717) is 18.0 Å². The van der Waals surface area contributed by atoms with Gasteiger partial charge in [-0.1, -0.05) is 11.6 Å². The van der Waals surface area contributed by atoms with E-state index in [1.54, 1.807) is 11.0 Å². The van der Waals surface area contributed by atoms with Gasteiger partial charge in [0.1, 0.15) is 4.88 Å². The molecule has 0 bridgehead atoms. The van der Waals surface area contributed by atoms with Crippen LogP contribution in [0.2, 0.25) is 0 Å². The normalized spacial score (nSPS) is 15.6. The van der Waals surface area contributed by atoms with Crippen LogP contribution in [0.25, 0.3) is 0 Å². The molecule has 1 aliphatic heterocycles. The first-order valence-electron chi connectivity index (χ1n) is 5.36. The van der Waals surface area contributed by atoms with E-state index in [9.17, 15) is 9.59 Å². The van der Waals surface area contributed by atoms with Crippen molar-refractivity contribution in [2.75, 3.05) is 13.1 Å². The zero-order valence-electron chi connectivity index (χ0n) is 9.47. The number of carboxylic acid groups (broad SMARTS) is 1. The zero-order chi connectivity index (χ0) is 12.4. The van der Waals surface area contributed by atoms with Crippen molar-refractivity contribution in [3.05, 3.63) is 33.5 Å². The van der Waals surface area contributed by atoms with Crippen LogP contribution in [0.5, 0.6) is 0 Å². The van der Waals surface area contributed by atoms with Crippen LogP contribution in [0, 0.1) is 0 Å². The predicted molar refractivity (Wildman–Crippen MR) is 65.6 cm³/mol. The van der Waals surface area contributed by atoms with Gasteiger partial charge in [-0.15, -0.1) is 11.3 Å². The maximum atomic E-state index is 12.1. The van der Waals surface area contributed by atoms with E-state index in [0.717, 1.165) is 17.8 Å². The minimum atomic E-state index is -0.983. The highest BCUT2D eigenvalue weighted by Gasteiger charge is 2.20. The van der Waals surface area contributed by atoms with Crippen molar-refractivity contribution in [1.82, 2.24) is 4.90 Å². The van der Waals surface area contributed by atoms with Crippen molar-refractivity contribution in [3.8, 4) is 0 Å². The molecule has 5 heteroatoms. The van der Waals surface area contributed by atoms with Crippen molar-refractivity contribution in [2.24, 2.45) is 0 Å². The highest BCUT2D eigenvalue weighted by Crippen LogP contribution is 2.20. The van der Waals surface area contributed by atoms with Gasteiger partial charge in [-0.3, -0.25) is 4.79 Å². The average molecular weight is 251 g/mol. The number of aromatic carboxylic acids is 1. The molecule has 4 nitrogen and oxygen atoms in total. The van der Waals surface area contributed by atoms with E-state index in [-0.39, 0.29) is 10.8 Å². The highest BCUT2D eigenvalue weighted by molar-refractivity contribution is 7.15. The molecule has 1 amide bonds. The minimum absolute atomic E-state index is 0.0775. The summed E-state index contributed by atoms with van der Waals surface area (Å²) in [5, 5.41) is 8.80. The standard InChI is InChI=1S/C12H13NO3S/c1-8-4-6-13(7-5-8)11(14)9-2-3-10(17-9)12(15)16/h2-4H,5-7H2,1H3,(H,15,16). The monoisotopic (exact) mass is 251 g/mol. The number of rotatable bonds is 2. The van der Waals surface area contributed by atoms with Crippen LogP contribution < -0.4 is 0 Å². The van der Waals surface area contributed by atoms with Gasteiger partial charge in [-0.2, -0.15) is 0 Å². The van der Waals surface area contributed by atoms with Gasteiger partial charge in [0.2, 0.25) is 0 Å². The van der Waals surface area contributed by atoms with Crippen LogP contribution >= 0.6 is 11.3 Å². The molecule has 0 fully saturated rings. The zero-order valence-corrected chi connectivity index (χ0v) is 10.3. The third kappa shape index (κ3) is 2.55. The van der Waals surface area contributed by atoms with Crippen molar-refractivity contribution in [3.63, 3.8) is 0 Å². The molecule has 0 saturated carbocycles. The topological polar surface area (TPSA) is 57.6 Å². The molecule has 0 atom stereocenters. The van der Waals surface area contributed by atoms with Gasteiger partial charge in [0.25, 0.3) is 5.91 Å². The molecule has 2 heterocycles. The summed E-state index contributed by atoms with van der Waals surface area (Å²) in [7, 11) is 0. The fourth-order valence-electron chi connectivity index (χ4n) is 1.68. The Kier molecular flexibility index (Phi) is 3.28. The van der Waals surface area contributed by atoms with Crippen LogP contribution in [-0.2, 0) is 0 Å². The Morgan fingerprint density at radius 1 is 1.35 bits per heavy atom. The van der Waals surface area contributed by atoms with Crippen LogP contribution in [0.15, 0.2) is 23.8 Å². The molecule has 1 aromatic heterocycles. The second kappa shape index (κ2) is 4.71. The van der Waals surface area contributed by atoms with E-state index in [4.69, 9.17) is 5.11 Å². The Hall–Kier alpha value is -1.62. The third-order valence-electron chi connectivity index (χ3n) is 2.75. The fourth-order valence-corrected chi connectivity index (χ4v) is 2.49. The summed E-state index contributed by atoms with van der Waals surface area (Å²) in [6.07, 6.45) is 2.93. The van der Waals surface area contributed by atoms with Crippen molar-refractivity contribution in [1.29, 1.82) is 0 Å². The molecule has 0 aromatic carbocycles. The number of amides is 1. The summed E-state index contributed by atoms with van der Waals surface area (Å²) in [5.74, 6) is -1.06. The molecule has 0 radical (unpaired) electrons. The summed E-state index contributed by atoms with van der Waals surface area (Å²) in [6.45, 7) is 3.38. The van der Waals surface area contributed by atoms with Gasteiger partial charge in [0, 0.05) is 13.1 Å². The first-order valence-corrected chi connectivity index (χ1v) is 6.17. The maximum Gasteiger partial charge on any atom is 0.345 e. The SMILES string of the molecule is CC1=CCN(C(=O)c2ccc(C(=O)O)s2)CC1. The van der Waals surface area contributed by atoms with Gasteiger partial charge < -0.3 is 10.0 Å². The van der Waals surface area contributed by atoms with Gasteiger partial charge in [-0.25, -0.2) is 4.79 Å². The molecular weight excluding hydrogens is 238 g/mol. The molecule has 1 aromatic rings. The lowest BCUT2D eigenvalue weighted by Crippen LogP contribution is -2.34. The molecular formula is C12H13NO3S. The number of carbonyl (C=O) groups is 2. The molecule has 2 rings (SSSR count). The number of thiophene rings is 1. The van der Waals surface area contributed by atoms with Crippen LogP contribution in [0.4, 0.5) is 0 Å². The number of carboxylic acids is 1. The quantitative estimate of drug-likeness (QED) is 0.820. The van der Waals surface area contributed by atoms with E-state index in [1.165, 1.54) is 11.6 Å². The molecule has 0 spiro atoms. The van der Waals surface area contributed by atoms with Gasteiger partial charge in [-0.05, 0) is 25.5 Å². The van der Waals surface area contributed by atoms with Crippen molar-refractivity contribution in [2.45, 2.75) is 13.3 Å². The first-order chi connectivity index (χ1) is 8.08. The number of hydrogen-bond acceptors (Lipinski definition) is 3. The summed E-state index contributed by atoms with van der Waals surface area (Å²) in [6, 6.07) is 3.06. The second-order valence-electron chi connectivity index (χ2n) is 4.02. The Balaban J connectivity index is 2.12. The smallest absolute Gasteiger partial charge is 0.345 e. The van der Waals surface area contributed by atoms with Crippen LogP contribution in [-0.4, -0.2) is 35.0 Å². The lowest BCUT2D eigenvalue weighted by molar-refractivity contribution is 0.0701. The van der Waals surface area contributed by atoms with E-state index in [2.05, 4.69) is 6.92 Å². The lowest BCUT2D eigenvalue weighted by atomic mass is 10.1. The number of carbonyl (C=O) groups excluding carboxylic acids is 1. The third-order valence-corrected chi connectivity index (χ3v) is 3.81. The van der Waals surface area contributed by atoms with E-state index >= 15 is 0 Å². The predicted octanol–water partition coefficient (Wildman–Crippen LogP) is 2.24. The summed E-state index contributed by atoms with van der Waals surface area (Å²) < 4.78 is 0. The molecule has 1 N–H and O–H groups in total. The van der Waals surface area contributed by atoms with E-state index < -0.39 is 5.97 Å². The fraction of sp³-hybridized carbons (Fsp3) is 0.333. The Bertz CT molecular complexity index is 490. The highest BCUT2D eigenvalue weighted by atomic mass is 32.1. The molecule has 90 valence electrons. The lowest BCUT2D eigenvalue weighted by Gasteiger charge is -2.24. The number of nitrogens with zero attached hydrogens (tertiary/aromatic N) is 1. The van der Waals surface area contributed by atoms with E-state index in [1.807, 2.05) is 6.08 Å². The first kappa shape index (κ1) is 11.9. The van der Waals surface area contributed by atoms with Gasteiger partial charge in [0.15, 0.2) is 0 Å². The molecule has 0 saturated heterocycles. The molecule has 0 unspecified atom stereocenters. The summed E-state index contributed by atoms with van der Waals surface area (Å²) in [5.41, 5.74) is 1.30. The molecule has 0 aliphatic carbocycles. The molecule has 1 aliphatic rings.